The molecule has 0 radical (unpaired) electrons. The zero-order valence-electron chi connectivity index (χ0n) is 12.7. The summed E-state index contributed by atoms with van der Waals surface area (Å²) in [7, 11) is 0. The minimum absolute atomic E-state index is 0.331. The van der Waals surface area contributed by atoms with E-state index in [-0.39, 0.29) is 0 Å². The van der Waals surface area contributed by atoms with E-state index in [0.29, 0.717) is 17.4 Å². The summed E-state index contributed by atoms with van der Waals surface area (Å²) in [6.45, 7) is 10.2. The van der Waals surface area contributed by atoms with Crippen LogP contribution in [-0.2, 0) is 0 Å². The lowest BCUT2D eigenvalue weighted by atomic mass is 9.69. The zero-order valence-corrected chi connectivity index (χ0v) is 13.5. The van der Waals surface area contributed by atoms with Gasteiger partial charge >= 0.3 is 0 Å². The Hall–Kier alpha value is -0.480. The first-order valence-corrected chi connectivity index (χ1v) is 8.43. The monoisotopic (exact) mass is 281 g/mol. The van der Waals surface area contributed by atoms with Crippen LogP contribution in [0, 0.1) is 5.41 Å². The Morgan fingerprint density at radius 3 is 2.84 bits per heavy atom. The maximum atomic E-state index is 4.49. The van der Waals surface area contributed by atoms with Gasteiger partial charge in [0.1, 0.15) is 10.0 Å². The molecule has 1 N–H and O–H groups in total. The highest BCUT2D eigenvalue weighted by Crippen LogP contribution is 2.47. The Morgan fingerprint density at radius 1 is 1.37 bits per heavy atom. The largest absolute Gasteiger partial charge is 0.308 e. The van der Waals surface area contributed by atoms with E-state index < -0.39 is 0 Å². The van der Waals surface area contributed by atoms with Gasteiger partial charge in [-0.1, -0.05) is 44.9 Å². The molecular weight excluding hydrogens is 254 g/mol. The van der Waals surface area contributed by atoms with Crippen molar-refractivity contribution >= 4 is 11.3 Å². The molecule has 1 aromatic rings. The van der Waals surface area contributed by atoms with Gasteiger partial charge in [0, 0.05) is 5.92 Å². The second-order valence-electron chi connectivity index (χ2n) is 6.44. The van der Waals surface area contributed by atoms with Crippen LogP contribution < -0.4 is 5.32 Å². The molecular formula is C15H27N3S. The third kappa shape index (κ3) is 3.54. The van der Waals surface area contributed by atoms with Crippen LogP contribution in [0.1, 0.15) is 81.8 Å². The van der Waals surface area contributed by atoms with Crippen molar-refractivity contribution in [2.24, 2.45) is 5.41 Å². The first-order valence-electron chi connectivity index (χ1n) is 7.61. The predicted octanol–water partition coefficient (Wildman–Crippen LogP) is 4.28. The fourth-order valence-corrected chi connectivity index (χ4v) is 4.18. The fourth-order valence-electron chi connectivity index (χ4n) is 2.96. The van der Waals surface area contributed by atoms with Gasteiger partial charge in [0.05, 0.1) is 6.04 Å². The van der Waals surface area contributed by atoms with Gasteiger partial charge in [0.25, 0.3) is 0 Å². The first kappa shape index (κ1) is 14.9. The Kier molecular flexibility index (Phi) is 4.96. The lowest BCUT2D eigenvalue weighted by molar-refractivity contribution is 0.198. The van der Waals surface area contributed by atoms with Crippen molar-refractivity contribution in [2.45, 2.75) is 71.8 Å². The molecule has 0 aromatic carbocycles. The summed E-state index contributed by atoms with van der Waals surface area (Å²) in [6, 6.07) is 0.331. The van der Waals surface area contributed by atoms with Crippen LogP contribution in [-0.4, -0.2) is 16.7 Å². The minimum Gasteiger partial charge on any atom is -0.308 e. The third-order valence-corrected chi connectivity index (χ3v) is 5.55. The van der Waals surface area contributed by atoms with Crippen LogP contribution >= 0.6 is 11.3 Å². The highest BCUT2D eigenvalue weighted by Gasteiger charge is 2.35. The van der Waals surface area contributed by atoms with Crippen LogP contribution in [0.2, 0.25) is 0 Å². The summed E-state index contributed by atoms with van der Waals surface area (Å²) in [4.78, 5) is 0. The summed E-state index contributed by atoms with van der Waals surface area (Å²) in [6.07, 6.45) is 6.45. The first-order chi connectivity index (χ1) is 9.04. The van der Waals surface area contributed by atoms with Crippen molar-refractivity contribution in [3.05, 3.63) is 10.0 Å². The average Bonchev–Trinajstić information content (AvgIpc) is 2.84. The molecule has 1 aliphatic carbocycles. The van der Waals surface area contributed by atoms with Gasteiger partial charge in [-0.25, -0.2) is 0 Å². The molecule has 1 aliphatic rings. The molecule has 0 amide bonds. The topological polar surface area (TPSA) is 37.8 Å². The average molecular weight is 281 g/mol. The van der Waals surface area contributed by atoms with E-state index in [2.05, 4.69) is 43.2 Å². The van der Waals surface area contributed by atoms with Crippen molar-refractivity contribution in [2.75, 3.05) is 6.54 Å². The van der Waals surface area contributed by atoms with E-state index in [4.69, 9.17) is 0 Å². The molecule has 0 saturated heterocycles. The highest BCUT2D eigenvalue weighted by molar-refractivity contribution is 7.11. The van der Waals surface area contributed by atoms with Crippen LogP contribution in [0.25, 0.3) is 0 Å². The summed E-state index contributed by atoms with van der Waals surface area (Å²) >= 11 is 1.82. The van der Waals surface area contributed by atoms with Crippen LogP contribution in [0.4, 0.5) is 0 Å². The quantitative estimate of drug-likeness (QED) is 0.875. The van der Waals surface area contributed by atoms with E-state index in [0.717, 1.165) is 18.0 Å². The SMILES string of the molecule is CCCNC(C)c1nnc(C2CCCCC2(C)C)s1. The van der Waals surface area contributed by atoms with Gasteiger partial charge < -0.3 is 5.32 Å². The van der Waals surface area contributed by atoms with Crippen molar-refractivity contribution < 1.29 is 0 Å². The molecule has 3 nitrogen and oxygen atoms in total. The third-order valence-electron chi connectivity index (χ3n) is 4.33. The Morgan fingerprint density at radius 2 is 2.16 bits per heavy atom. The Labute approximate surface area is 121 Å². The molecule has 2 atom stereocenters. The maximum Gasteiger partial charge on any atom is 0.134 e. The summed E-state index contributed by atoms with van der Waals surface area (Å²) in [5, 5.41) is 14.8. The van der Waals surface area contributed by atoms with Crippen LogP contribution in [0.3, 0.4) is 0 Å². The molecule has 1 fully saturated rings. The molecule has 1 heterocycles. The number of aromatic nitrogens is 2. The van der Waals surface area contributed by atoms with Gasteiger partial charge in [-0.05, 0) is 38.1 Å². The van der Waals surface area contributed by atoms with E-state index in [1.54, 1.807) is 0 Å². The van der Waals surface area contributed by atoms with Gasteiger partial charge in [-0.3, -0.25) is 0 Å². The fraction of sp³-hybridized carbons (Fsp3) is 0.867. The molecule has 1 saturated carbocycles. The molecule has 108 valence electrons. The lowest BCUT2D eigenvalue weighted by Crippen LogP contribution is -2.25. The summed E-state index contributed by atoms with van der Waals surface area (Å²) in [5.41, 5.74) is 0.384. The molecule has 0 bridgehead atoms. The van der Waals surface area contributed by atoms with E-state index in [1.807, 2.05) is 11.3 Å². The minimum atomic E-state index is 0.331. The second kappa shape index (κ2) is 6.31. The van der Waals surface area contributed by atoms with Crippen molar-refractivity contribution in [3.63, 3.8) is 0 Å². The van der Waals surface area contributed by atoms with Crippen molar-refractivity contribution in [3.8, 4) is 0 Å². The predicted molar refractivity (Wildman–Crippen MR) is 81.6 cm³/mol. The van der Waals surface area contributed by atoms with E-state index >= 15 is 0 Å². The Bertz CT molecular complexity index is 400. The van der Waals surface area contributed by atoms with Gasteiger partial charge in [0.2, 0.25) is 0 Å². The zero-order chi connectivity index (χ0) is 13.9. The lowest BCUT2D eigenvalue weighted by Gasteiger charge is -2.37. The van der Waals surface area contributed by atoms with E-state index in [1.165, 1.54) is 30.7 Å². The molecule has 0 aliphatic heterocycles. The van der Waals surface area contributed by atoms with E-state index in [9.17, 15) is 0 Å². The summed E-state index contributed by atoms with van der Waals surface area (Å²) < 4.78 is 0. The standard InChI is InChI=1S/C15H27N3S/c1-5-10-16-11(2)13-17-18-14(19-13)12-8-6-7-9-15(12,3)4/h11-12,16H,5-10H2,1-4H3. The van der Waals surface area contributed by atoms with Crippen molar-refractivity contribution in [1.82, 2.24) is 15.5 Å². The summed E-state index contributed by atoms with van der Waals surface area (Å²) in [5.74, 6) is 0.603. The molecule has 1 aromatic heterocycles. The normalized spacial score (nSPS) is 24.3. The molecule has 4 heteroatoms. The highest BCUT2D eigenvalue weighted by atomic mass is 32.1. The number of nitrogens with zero attached hydrogens (tertiary/aromatic N) is 2. The number of hydrogen-bond donors (Lipinski definition) is 1. The molecule has 2 rings (SSSR count). The number of nitrogens with one attached hydrogen (secondary N) is 1. The van der Waals surface area contributed by atoms with Gasteiger partial charge in [0.15, 0.2) is 0 Å². The Balaban J connectivity index is 2.07. The van der Waals surface area contributed by atoms with Gasteiger partial charge in [-0.2, -0.15) is 0 Å². The van der Waals surface area contributed by atoms with Crippen LogP contribution in [0.15, 0.2) is 0 Å². The molecule has 0 spiro atoms. The maximum absolute atomic E-state index is 4.49. The molecule has 2 unspecified atom stereocenters. The smallest absolute Gasteiger partial charge is 0.134 e. The van der Waals surface area contributed by atoms with Crippen molar-refractivity contribution in [1.29, 1.82) is 0 Å². The van der Waals surface area contributed by atoms with Crippen LogP contribution in [0.5, 0.6) is 0 Å². The molecule has 19 heavy (non-hydrogen) atoms. The van der Waals surface area contributed by atoms with Gasteiger partial charge in [-0.15, -0.1) is 10.2 Å². The number of rotatable bonds is 5. The second-order valence-corrected chi connectivity index (χ2v) is 7.48. The number of hydrogen-bond acceptors (Lipinski definition) is 4.